The van der Waals surface area contributed by atoms with Crippen molar-refractivity contribution in [3.63, 3.8) is 0 Å². The first-order valence-corrected chi connectivity index (χ1v) is 6.47. The molecule has 0 unspecified atom stereocenters. The summed E-state index contributed by atoms with van der Waals surface area (Å²) in [6.45, 7) is 3.43. The fourth-order valence-electron chi connectivity index (χ4n) is 2.59. The maximum Gasteiger partial charge on any atom is 0.335 e. The van der Waals surface area contributed by atoms with Crippen molar-refractivity contribution in [1.82, 2.24) is 0 Å². The quantitative estimate of drug-likeness (QED) is 0.392. The number of hydrogen-bond donors (Lipinski definition) is 1. The predicted octanol–water partition coefficient (Wildman–Crippen LogP) is 3.29. The average molecular weight is 266 g/mol. The molecule has 1 aliphatic carbocycles. The van der Waals surface area contributed by atoms with E-state index < -0.39 is 5.97 Å². The van der Waals surface area contributed by atoms with Crippen LogP contribution >= 0.6 is 0 Å². The molecule has 0 heterocycles. The van der Waals surface area contributed by atoms with Crippen LogP contribution < -0.4 is 4.74 Å². The minimum atomic E-state index is -0.488. The van der Waals surface area contributed by atoms with Crippen LogP contribution in [0.5, 0.6) is 11.5 Å². The number of benzene rings is 2. The number of esters is 1. The zero-order valence-electron chi connectivity index (χ0n) is 10.9. The number of phenols is 1. The van der Waals surface area contributed by atoms with Crippen LogP contribution in [0, 0.1) is 0 Å². The molecule has 1 aliphatic rings. The lowest BCUT2D eigenvalue weighted by Crippen LogP contribution is -2.09. The van der Waals surface area contributed by atoms with Gasteiger partial charge in [-0.3, -0.25) is 0 Å². The third-order valence-electron chi connectivity index (χ3n) is 3.53. The van der Waals surface area contributed by atoms with Crippen molar-refractivity contribution in [2.24, 2.45) is 0 Å². The molecule has 0 spiro atoms. The standard InChI is InChI=1S/C17H14O3/c1-2-15(18)20-17-13-9-5-3-7-11(13)16(19)12-8-4-6-10-14(12)17/h2-7,9,19H,1,8,10H2. The molecule has 0 atom stereocenters. The number of ether oxygens (including phenoxy) is 1. The fraction of sp³-hybridized carbons (Fsp3) is 0.118. The summed E-state index contributed by atoms with van der Waals surface area (Å²) in [6.07, 6.45) is 6.46. The highest BCUT2D eigenvalue weighted by molar-refractivity contribution is 5.98. The highest BCUT2D eigenvalue weighted by atomic mass is 16.5. The molecule has 100 valence electrons. The van der Waals surface area contributed by atoms with Crippen LogP contribution in [0.2, 0.25) is 0 Å². The predicted molar refractivity (Wildman–Crippen MR) is 78.0 cm³/mol. The molecular weight excluding hydrogens is 252 g/mol. The fourth-order valence-corrected chi connectivity index (χ4v) is 2.59. The van der Waals surface area contributed by atoms with E-state index in [1.54, 1.807) is 0 Å². The SMILES string of the molecule is C=CC(=O)Oc1c2c(c(O)c3ccccc13)CC=CC2. The zero-order chi connectivity index (χ0) is 14.1. The molecule has 0 saturated carbocycles. The second-order valence-corrected chi connectivity index (χ2v) is 4.69. The van der Waals surface area contributed by atoms with E-state index in [1.165, 1.54) is 0 Å². The first kappa shape index (κ1) is 12.5. The number of fused-ring (bicyclic) bond motifs is 2. The second-order valence-electron chi connectivity index (χ2n) is 4.69. The van der Waals surface area contributed by atoms with Crippen LogP contribution in [-0.2, 0) is 17.6 Å². The zero-order valence-corrected chi connectivity index (χ0v) is 10.9. The third kappa shape index (κ3) is 1.88. The molecule has 0 aromatic heterocycles. The molecule has 1 N–H and O–H groups in total. The van der Waals surface area contributed by atoms with Crippen molar-refractivity contribution in [2.75, 3.05) is 0 Å². The lowest BCUT2D eigenvalue weighted by atomic mass is 9.91. The summed E-state index contributed by atoms with van der Waals surface area (Å²) in [5.41, 5.74) is 1.71. The second kappa shape index (κ2) is 4.85. The van der Waals surface area contributed by atoms with Crippen molar-refractivity contribution in [2.45, 2.75) is 12.8 Å². The van der Waals surface area contributed by atoms with Gasteiger partial charge in [0.25, 0.3) is 0 Å². The van der Waals surface area contributed by atoms with E-state index in [-0.39, 0.29) is 5.75 Å². The number of carbonyl (C=O) groups is 1. The molecule has 0 aliphatic heterocycles. The largest absolute Gasteiger partial charge is 0.507 e. The molecule has 0 radical (unpaired) electrons. The number of hydrogen-bond acceptors (Lipinski definition) is 3. The lowest BCUT2D eigenvalue weighted by Gasteiger charge is -2.19. The van der Waals surface area contributed by atoms with E-state index in [4.69, 9.17) is 4.74 Å². The summed E-state index contributed by atoms with van der Waals surface area (Å²) in [6, 6.07) is 7.39. The Hall–Kier alpha value is -2.55. The summed E-state index contributed by atoms with van der Waals surface area (Å²) < 4.78 is 5.43. The van der Waals surface area contributed by atoms with E-state index >= 15 is 0 Å². The van der Waals surface area contributed by atoms with Gasteiger partial charge in [0.05, 0.1) is 0 Å². The smallest absolute Gasteiger partial charge is 0.335 e. The van der Waals surface area contributed by atoms with Crippen LogP contribution in [-0.4, -0.2) is 11.1 Å². The summed E-state index contributed by atoms with van der Waals surface area (Å²) in [4.78, 5) is 11.6. The Labute approximate surface area is 116 Å². The van der Waals surface area contributed by atoms with Gasteiger partial charge in [-0.05, 0) is 12.8 Å². The van der Waals surface area contributed by atoms with Crippen molar-refractivity contribution in [3.8, 4) is 11.5 Å². The maximum atomic E-state index is 11.6. The van der Waals surface area contributed by atoms with Crippen LogP contribution in [0.25, 0.3) is 10.8 Å². The molecule has 0 amide bonds. The van der Waals surface area contributed by atoms with Crippen LogP contribution in [0.1, 0.15) is 11.1 Å². The van der Waals surface area contributed by atoms with E-state index in [0.29, 0.717) is 24.0 Å². The third-order valence-corrected chi connectivity index (χ3v) is 3.53. The Morgan fingerprint density at radius 3 is 2.50 bits per heavy atom. The molecule has 2 aromatic rings. The van der Waals surface area contributed by atoms with Gasteiger partial charge in [-0.25, -0.2) is 4.79 Å². The molecule has 0 fully saturated rings. The van der Waals surface area contributed by atoms with Gasteiger partial charge in [0.1, 0.15) is 11.5 Å². The number of phenolic OH excluding ortho intramolecular Hbond substituents is 1. The molecule has 20 heavy (non-hydrogen) atoms. The average Bonchev–Trinajstić information content (AvgIpc) is 2.51. The Morgan fingerprint density at radius 1 is 1.15 bits per heavy atom. The number of rotatable bonds is 2. The Kier molecular flexibility index (Phi) is 3.03. The van der Waals surface area contributed by atoms with Gasteiger partial charge < -0.3 is 9.84 Å². The first-order chi connectivity index (χ1) is 9.72. The summed E-state index contributed by atoms with van der Waals surface area (Å²) in [5.74, 6) is 0.318. The van der Waals surface area contributed by atoms with Gasteiger partial charge in [0.2, 0.25) is 0 Å². The molecule has 3 rings (SSSR count). The summed E-state index contributed by atoms with van der Waals surface area (Å²) >= 11 is 0. The van der Waals surface area contributed by atoms with Gasteiger partial charge in [0, 0.05) is 28.0 Å². The van der Waals surface area contributed by atoms with Gasteiger partial charge in [-0.2, -0.15) is 0 Å². The maximum absolute atomic E-state index is 11.6. The van der Waals surface area contributed by atoms with Gasteiger partial charge in [0.15, 0.2) is 0 Å². The molecular formula is C17H14O3. The van der Waals surface area contributed by atoms with Crippen LogP contribution in [0.3, 0.4) is 0 Å². The van der Waals surface area contributed by atoms with E-state index in [9.17, 15) is 9.90 Å². The molecule has 0 bridgehead atoms. The van der Waals surface area contributed by atoms with Crippen molar-refractivity contribution < 1.29 is 14.6 Å². The molecule has 0 saturated heterocycles. The van der Waals surface area contributed by atoms with Gasteiger partial charge >= 0.3 is 5.97 Å². The van der Waals surface area contributed by atoms with Crippen LogP contribution in [0.15, 0.2) is 49.1 Å². The Morgan fingerprint density at radius 2 is 1.80 bits per heavy atom. The van der Waals surface area contributed by atoms with Crippen molar-refractivity contribution in [3.05, 3.63) is 60.2 Å². The van der Waals surface area contributed by atoms with E-state index in [2.05, 4.69) is 6.58 Å². The van der Waals surface area contributed by atoms with E-state index in [0.717, 1.165) is 22.6 Å². The minimum absolute atomic E-state index is 0.276. The summed E-state index contributed by atoms with van der Waals surface area (Å²) in [5, 5.41) is 11.9. The molecule has 2 aromatic carbocycles. The van der Waals surface area contributed by atoms with E-state index in [1.807, 2.05) is 36.4 Å². The highest BCUT2D eigenvalue weighted by Gasteiger charge is 2.21. The number of aromatic hydroxyl groups is 1. The summed E-state index contributed by atoms with van der Waals surface area (Å²) in [7, 11) is 0. The van der Waals surface area contributed by atoms with Gasteiger partial charge in [-0.1, -0.05) is 43.0 Å². The van der Waals surface area contributed by atoms with Crippen LogP contribution in [0.4, 0.5) is 0 Å². The first-order valence-electron chi connectivity index (χ1n) is 6.47. The topological polar surface area (TPSA) is 46.5 Å². The van der Waals surface area contributed by atoms with Crippen molar-refractivity contribution >= 4 is 16.7 Å². The lowest BCUT2D eigenvalue weighted by molar-refractivity contribution is -0.128. The minimum Gasteiger partial charge on any atom is -0.507 e. The monoisotopic (exact) mass is 266 g/mol. The number of carbonyl (C=O) groups excluding carboxylic acids is 1. The van der Waals surface area contributed by atoms with Crippen molar-refractivity contribution in [1.29, 1.82) is 0 Å². The van der Waals surface area contributed by atoms with Gasteiger partial charge in [-0.15, -0.1) is 0 Å². The Balaban J connectivity index is 2.33. The highest BCUT2D eigenvalue weighted by Crippen LogP contribution is 2.42. The number of allylic oxidation sites excluding steroid dienone is 2. The Bertz CT molecular complexity index is 741. The molecule has 3 heteroatoms. The normalized spacial score (nSPS) is 13.0. The molecule has 3 nitrogen and oxygen atoms in total.